The quantitative estimate of drug-likeness (QED) is 0.368. The van der Waals surface area contributed by atoms with Crippen LogP contribution in [0.15, 0.2) is 78.9 Å². The van der Waals surface area contributed by atoms with Crippen molar-refractivity contribution in [2.45, 2.75) is 25.2 Å². The molecule has 5 rings (SSSR count). The van der Waals surface area contributed by atoms with E-state index in [1.165, 1.54) is 65.7 Å². The fourth-order valence-electron chi connectivity index (χ4n) is 4.84. The topological polar surface area (TPSA) is 3.24 Å². The number of hydrogen-bond donors (Lipinski definition) is 0. The lowest BCUT2D eigenvalue weighted by Crippen LogP contribution is -2.29. The van der Waals surface area contributed by atoms with Gasteiger partial charge in [-0.3, -0.25) is 4.90 Å². The molecule has 0 bridgehead atoms. The molecule has 0 saturated carbocycles. The lowest BCUT2D eigenvalue weighted by molar-refractivity contribution is 0.252. The lowest BCUT2D eigenvalue weighted by Gasteiger charge is -2.24. The van der Waals surface area contributed by atoms with E-state index in [4.69, 9.17) is 0 Å². The minimum absolute atomic E-state index is 0.263. The molecule has 0 atom stereocenters. The Balaban J connectivity index is 1.42. The second kappa shape index (κ2) is 8.85. The molecule has 0 unspecified atom stereocenters. The molecule has 0 amide bonds. The van der Waals surface area contributed by atoms with Crippen LogP contribution in [0.2, 0.25) is 0 Å². The standard InChI is InChI=1S/C29H29N/c1-6-20-30(21-7-1)22-8-9-23-14-16-26(17-15-23)29-27-12-4-2-10-24(27)18-19-25-11-3-5-13-28(25)29/h2-5,8-19,29H,1,6-7,20-22H2/b9-8+. The third-order valence-electron chi connectivity index (χ3n) is 6.45. The minimum Gasteiger partial charge on any atom is -0.300 e. The van der Waals surface area contributed by atoms with Crippen LogP contribution in [0.3, 0.4) is 0 Å². The second-order valence-corrected chi connectivity index (χ2v) is 8.45. The number of rotatable bonds is 4. The van der Waals surface area contributed by atoms with E-state index in [9.17, 15) is 0 Å². The molecule has 3 aromatic rings. The van der Waals surface area contributed by atoms with Gasteiger partial charge in [0.15, 0.2) is 0 Å². The van der Waals surface area contributed by atoms with Crippen molar-refractivity contribution in [2.24, 2.45) is 0 Å². The summed E-state index contributed by atoms with van der Waals surface area (Å²) >= 11 is 0. The molecule has 1 aliphatic carbocycles. The number of fused-ring (bicyclic) bond motifs is 2. The zero-order valence-electron chi connectivity index (χ0n) is 17.5. The van der Waals surface area contributed by atoms with Gasteiger partial charge < -0.3 is 0 Å². The average Bonchev–Trinajstić information content (AvgIpc) is 2.97. The van der Waals surface area contributed by atoms with Crippen molar-refractivity contribution in [2.75, 3.05) is 19.6 Å². The van der Waals surface area contributed by atoms with Gasteiger partial charge in [0.05, 0.1) is 0 Å². The largest absolute Gasteiger partial charge is 0.300 e. The Kier molecular flexibility index (Phi) is 5.63. The Morgan fingerprint density at radius 1 is 0.700 bits per heavy atom. The molecule has 1 saturated heterocycles. The van der Waals surface area contributed by atoms with Gasteiger partial charge in [0.25, 0.3) is 0 Å². The maximum atomic E-state index is 2.56. The Hall–Kier alpha value is -2.90. The van der Waals surface area contributed by atoms with Crippen molar-refractivity contribution in [3.05, 3.63) is 112 Å². The van der Waals surface area contributed by atoms with Crippen LogP contribution in [0.1, 0.15) is 58.6 Å². The number of benzene rings is 3. The van der Waals surface area contributed by atoms with Gasteiger partial charge in [-0.05, 0) is 59.3 Å². The molecule has 1 aliphatic heterocycles. The Morgan fingerprint density at radius 2 is 1.30 bits per heavy atom. The number of hydrogen-bond acceptors (Lipinski definition) is 1. The van der Waals surface area contributed by atoms with E-state index in [0.29, 0.717) is 0 Å². The SMILES string of the molecule is C1=Cc2ccccc2C(c2ccc(/C=C/CN3CCCCC3)cc2)c2ccccc21. The third kappa shape index (κ3) is 4.04. The molecule has 1 nitrogen and oxygen atoms in total. The summed E-state index contributed by atoms with van der Waals surface area (Å²) in [6.45, 7) is 3.56. The highest BCUT2D eigenvalue weighted by Crippen LogP contribution is 2.39. The van der Waals surface area contributed by atoms with Gasteiger partial charge in [-0.1, -0.05) is 104 Å². The highest BCUT2D eigenvalue weighted by atomic mass is 15.1. The van der Waals surface area contributed by atoms with Gasteiger partial charge in [0.2, 0.25) is 0 Å². The molecular formula is C29H29N. The predicted octanol–water partition coefficient (Wildman–Crippen LogP) is 6.85. The lowest BCUT2D eigenvalue weighted by atomic mass is 9.82. The number of piperidine rings is 1. The summed E-state index contributed by atoms with van der Waals surface area (Å²) in [5.41, 5.74) is 8.02. The Morgan fingerprint density at radius 3 is 1.93 bits per heavy atom. The molecule has 3 aromatic carbocycles. The van der Waals surface area contributed by atoms with E-state index in [1.54, 1.807) is 0 Å². The molecule has 1 heterocycles. The first-order valence-electron chi connectivity index (χ1n) is 11.2. The molecule has 0 aromatic heterocycles. The first-order valence-corrected chi connectivity index (χ1v) is 11.2. The third-order valence-corrected chi connectivity index (χ3v) is 6.45. The van der Waals surface area contributed by atoms with Crippen molar-refractivity contribution >= 4 is 18.2 Å². The summed E-state index contributed by atoms with van der Waals surface area (Å²) in [6.07, 6.45) is 13.2. The van der Waals surface area contributed by atoms with E-state index in [-0.39, 0.29) is 5.92 Å². The molecule has 1 heteroatoms. The zero-order chi connectivity index (χ0) is 20.2. The maximum absolute atomic E-state index is 2.56. The summed E-state index contributed by atoms with van der Waals surface area (Å²) in [6, 6.07) is 26.7. The van der Waals surface area contributed by atoms with Crippen LogP contribution >= 0.6 is 0 Å². The van der Waals surface area contributed by atoms with Crippen molar-refractivity contribution in [1.82, 2.24) is 4.90 Å². The highest BCUT2D eigenvalue weighted by Gasteiger charge is 2.22. The Bertz CT molecular complexity index is 1000. The molecule has 30 heavy (non-hydrogen) atoms. The average molecular weight is 392 g/mol. The molecule has 0 N–H and O–H groups in total. The summed E-state index contributed by atoms with van der Waals surface area (Å²) in [5, 5.41) is 0. The second-order valence-electron chi connectivity index (χ2n) is 8.45. The normalized spacial score (nSPS) is 16.9. The number of likely N-dealkylation sites (tertiary alicyclic amines) is 1. The highest BCUT2D eigenvalue weighted by molar-refractivity contribution is 5.77. The van der Waals surface area contributed by atoms with Gasteiger partial charge in [-0.2, -0.15) is 0 Å². The fraction of sp³-hybridized carbons (Fsp3) is 0.241. The molecular weight excluding hydrogens is 362 g/mol. The van der Waals surface area contributed by atoms with Crippen molar-refractivity contribution in [3.63, 3.8) is 0 Å². The predicted molar refractivity (Wildman–Crippen MR) is 129 cm³/mol. The van der Waals surface area contributed by atoms with Crippen molar-refractivity contribution < 1.29 is 0 Å². The van der Waals surface area contributed by atoms with Crippen molar-refractivity contribution in [1.29, 1.82) is 0 Å². The van der Waals surface area contributed by atoms with Crippen LogP contribution < -0.4 is 0 Å². The smallest absolute Gasteiger partial charge is 0.0351 e. The van der Waals surface area contributed by atoms with Crippen LogP contribution in [0.5, 0.6) is 0 Å². The van der Waals surface area contributed by atoms with Crippen molar-refractivity contribution in [3.8, 4) is 0 Å². The van der Waals surface area contributed by atoms with E-state index >= 15 is 0 Å². The molecule has 1 fully saturated rings. The van der Waals surface area contributed by atoms with Crippen LogP contribution in [0, 0.1) is 0 Å². The number of nitrogens with zero attached hydrogens (tertiary/aromatic N) is 1. The van der Waals surface area contributed by atoms with Crippen LogP contribution in [-0.2, 0) is 0 Å². The summed E-state index contributed by atoms with van der Waals surface area (Å²) in [4.78, 5) is 2.56. The van der Waals surface area contributed by atoms with Gasteiger partial charge in [-0.15, -0.1) is 0 Å². The molecule has 0 spiro atoms. The fourth-order valence-corrected chi connectivity index (χ4v) is 4.84. The first kappa shape index (κ1) is 19.1. The van der Waals surface area contributed by atoms with E-state index in [1.807, 2.05) is 0 Å². The monoisotopic (exact) mass is 391 g/mol. The zero-order valence-corrected chi connectivity index (χ0v) is 17.5. The van der Waals surface area contributed by atoms with Crippen LogP contribution in [-0.4, -0.2) is 24.5 Å². The minimum atomic E-state index is 0.263. The van der Waals surface area contributed by atoms with Gasteiger partial charge in [0, 0.05) is 12.5 Å². The van der Waals surface area contributed by atoms with Gasteiger partial charge >= 0.3 is 0 Å². The molecule has 0 radical (unpaired) electrons. The van der Waals surface area contributed by atoms with Gasteiger partial charge in [0.1, 0.15) is 0 Å². The van der Waals surface area contributed by atoms with E-state index in [0.717, 1.165) is 6.54 Å². The Labute approximate surface area is 180 Å². The molecule has 2 aliphatic rings. The summed E-state index contributed by atoms with van der Waals surface area (Å²) < 4.78 is 0. The van der Waals surface area contributed by atoms with E-state index < -0.39 is 0 Å². The summed E-state index contributed by atoms with van der Waals surface area (Å²) in [7, 11) is 0. The van der Waals surface area contributed by atoms with Crippen LogP contribution in [0.4, 0.5) is 0 Å². The van der Waals surface area contributed by atoms with E-state index in [2.05, 4.69) is 102 Å². The molecule has 150 valence electrons. The summed E-state index contributed by atoms with van der Waals surface area (Å²) in [5.74, 6) is 0.263. The van der Waals surface area contributed by atoms with Gasteiger partial charge in [-0.25, -0.2) is 0 Å². The first-order chi connectivity index (χ1) is 14.9. The van der Waals surface area contributed by atoms with Crippen LogP contribution in [0.25, 0.3) is 18.2 Å². The maximum Gasteiger partial charge on any atom is 0.0351 e.